The predicted octanol–water partition coefficient (Wildman–Crippen LogP) is -2.13. The first kappa shape index (κ1) is 18.0. The van der Waals surface area contributed by atoms with E-state index in [1.165, 1.54) is 0 Å². The number of nitro benzene ring substituents is 1. The lowest BCUT2D eigenvalue weighted by molar-refractivity contribution is -0.385. The first-order valence-electron chi connectivity index (χ1n) is 6.81. The van der Waals surface area contributed by atoms with E-state index in [2.05, 4.69) is 0 Å². The van der Waals surface area contributed by atoms with Crippen molar-refractivity contribution in [3.05, 3.63) is 33.9 Å². The van der Waals surface area contributed by atoms with Crippen LogP contribution in [0.4, 0.5) is 5.69 Å². The Bertz CT molecular complexity index is 604. The van der Waals surface area contributed by atoms with Gasteiger partial charge in [0.2, 0.25) is 12.2 Å². The van der Waals surface area contributed by atoms with E-state index in [1.54, 1.807) is 0 Å². The average molecular weight is 344 g/mol. The molecule has 0 radical (unpaired) electrons. The molecule has 2 rings (SSSR count). The molecule has 6 N–H and O–H groups in total. The maximum Gasteiger partial charge on any atom is 0.273 e. The Balaban J connectivity index is 2.29. The number of nitro groups is 1. The second-order valence-corrected chi connectivity index (χ2v) is 5.15. The molecule has 132 valence electrons. The van der Waals surface area contributed by atoms with Crippen molar-refractivity contribution in [3.8, 4) is 5.75 Å². The molecule has 1 amide bonds. The summed E-state index contributed by atoms with van der Waals surface area (Å²) in [7, 11) is 0. The largest absolute Gasteiger partial charge is 0.462 e. The first-order chi connectivity index (χ1) is 11.2. The normalized spacial score (nSPS) is 29.9. The molecule has 1 saturated heterocycles. The van der Waals surface area contributed by atoms with E-state index in [1.807, 2.05) is 0 Å². The van der Waals surface area contributed by atoms with E-state index in [0.717, 1.165) is 18.2 Å². The molecule has 1 fully saturated rings. The Labute approximate surface area is 135 Å². The second-order valence-electron chi connectivity index (χ2n) is 5.15. The van der Waals surface area contributed by atoms with Crippen molar-refractivity contribution in [1.29, 1.82) is 0 Å². The molecular formula is C13H16N2O9. The summed E-state index contributed by atoms with van der Waals surface area (Å²) in [5.41, 5.74) is 4.41. The summed E-state index contributed by atoms with van der Waals surface area (Å²) in [6.45, 7) is -0.660. The number of benzene rings is 1. The van der Waals surface area contributed by atoms with Crippen LogP contribution in [0.5, 0.6) is 5.75 Å². The Morgan fingerprint density at radius 2 is 1.92 bits per heavy atom. The van der Waals surface area contributed by atoms with Crippen LogP contribution in [0.15, 0.2) is 18.2 Å². The molecule has 0 bridgehead atoms. The van der Waals surface area contributed by atoms with Gasteiger partial charge in [-0.3, -0.25) is 14.9 Å². The predicted molar refractivity (Wildman–Crippen MR) is 76.0 cm³/mol. The monoisotopic (exact) mass is 344 g/mol. The van der Waals surface area contributed by atoms with Gasteiger partial charge in [0.1, 0.15) is 30.2 Å². The SMILES string of the molecule is NC(=O)c1cc(O[C@@H]2O[C@H](CO)[C@@H](O)[C@H](O)[C@H]2O)cc([N+](=O)[O-])c1. The van der Waals surface area contributed by atoms with Gasteiger partial charge in [0.25, 0.3) is 5.69 Å². The number of rotatable bonds is 5. The van der Waals surface area contributed by atoms with E-state index in [4.69, 9.17) is 20.3 Å². The van der Waals surface area contributed by atoms with Gasteiger partial charge >= 0.3 is 0 Å². The highest BCUT2D eigenvalue weighted by Crippen LogP contribution is 2.27. The highest BCUT2D eigenvalue weighted by Gasteiger charge is 2.44. The average Bonchev–Trinajstić information content (AvgIpc) is 2.55. The maximum absolute atomic E-state index is 11.2. The minimum atomic E-state index is -1.70. The van der Waals surface area contributed by atoms with Crippen molar-refractivity contribution in [2.24, 2.45) is 5.73 Å². The van der Waals surface area contributed by atoms with Crippen molar-refractivity contribution in [2.75, 3.05) is 6.61 Å². The molecule has 1 aliphatic rings. The summed E-state index contributed by atoms with van der Waals surface area (Å²) in [6, 6.07) is 3.01. The number of ether oxygens (including phenoxy) is 2. The minimum Gasteiger partial charge on any atom is -0.462 e. The van der Waals surface area contributed by atoms with E-state index in [-0.39, 0.29) is 11.3 Å². The number of carbonyl (C=O) groups is 1. The molecule has 1 heterocycles. The van der Waals surface area contributed by atoms with Crippen LogP contribution < -0.4 is 10.5 Å². The molecule has 1 aliphatic heterocycles. The highest BCUT2D eigenvalue weighted by atomic mass is 16.7. The summed E-state index contributed by atoms with van der Waals surface area (Å²) in [5, 5.41) is 49.2. The van der Waals surface area contributed by atoms with Crippen molar-refractivity contribution >= 4 is 11.6 Å². The molecule has 0 spiro atoms. The molecule has 5 atom stereocenters. The third-order valence-electron chi connectivity index (χ3n) is 3.49. The lowest BCUT2D eigenvalue weighted by Crippen LogP contribution is -2.60. The quantitative estimate of drug-likeness (QED) is 0.294. The lowest BCUT2D eigenvalue weighted by Gasteiger charge is -2.39. The summed E-state index contributed by atoms with van der Waals surface area (Å²) in [6.07, 6.45) is -7.68. The van der Waals surface area contributed by atoms with Crippen LogP contribution in [0.3, 0.4) is 0 Å². The van der Waals surface area contributed by atoms with Crippen molar-refractivity contribution in [1.82, 2.24) is 0 Å². The zero-order valence-electron chi connectivity index (χ0n) is 12.2. The summed E-state index contributed by atoms with van der Waals surface area (Å²) in [4.78, 5) is 21.4. The first-order valence-corrected chi connectivity index (χ1v) is 6.81. The van der Waals surface area contributed by atoms with Crippen molar-refractivity contribution in [2.45, 2.75) is 30.7 Å². The van der Waals surface area contributed by atoms with E-state index in [9.17, 15) is 30.2 Å². The number of amides is 1. The van der Waals surface area contributed by atoms with Crippen LogP contribution in [0, 0.1) is 10.1 Å². The number of carbonyl (C=O) groups excluding carboxylic acids is 1. The van der Waals surface area contributed by atoms with Gasteiger partial charge < -0.3 is 35.6 Å². The summed E-state index contributed by atoms with van der Waals surface area (Å²) in [5.74, 6) is -1.15. The van der Waals surface area contributed by atoms with Crippen LogP contribution in [0.2, 0.25) is 0 Å². The third-order valence-corrected chi connectivity index (χ3v) is 3.49. The Hall–Kier alpha value is -2.31. The Morgan fingerprint density at radius 3 is 2.46 bits per heavy atom. The van der Waals surface area contributed by atoms with Crippen LogP contribution in [0.1, 0.15) is 10.4 Å². The second kappa shape index (κ2) is 7.07. The molecule has 1 aromatic carbocycles. The Kier molecular flexibility index (Phi) is 5.31. The number of nitrogens with two attached hydrogens (primary N) is 1. The Morgan fingerprint density at radius 1 is 1.25 bits per heavy atom. The third kappa shape index (κ3) is 3.60. The number of non-ortho nitro benzene ring substituents is 1. The zero-order valence-corrected chi connectivity index (χ0v) is 12.2. The molecule has 11 nitrogen and oxygen atoms in total. The maximum atomic E-state index is 11.2. The number of aliphatic hydroxyl groups excluding tert-OH is 4. The van der Waals surface area contributed by atoms with Crippen LogP contribution in [0.25, 0.3) is 0 Å². The fourth-order valence-electron chi connectivity index (χ4n) is 2.20. The topological polar surface area (TPSA) is 186 Å². The molecule has 0 aliphatic carbocycles. The molecular weight excluding hydrogens is 328 g/mol. The fourth-order valence-corrected chi connectivity index (χ4v) is 2.20. The standard InChI is InChI=1S/C13H16N2O9/c14-12(20)5-1-6(15(21)22)3-7(2-5)23-13-11(19)10(18)9(17)8(4-16)24-13/h1-3,8-11,13,16-19H,4H2,(H2,14,20)/t8-,9-,10+,11-,13-/m1/s1. The number of nitrogens with zero attached hydrogens (tertiary/aromatic N) is 1. The van der Waals surface area contributed by atoms with E-state index in [0.29, 0.717) is 0 Å². The number of hydrogen-bond donors (Lipinski definition) is 5. The van der Waals surface area contributed by atoms with Crippen molar-refractivity contribution < 1.29 is 39.6 Å². The molecule has 0 saturated carbocycles. The minimum absolute atomic E-state index is 0.205. The zero-order chi connectivity index (χ0) is 18.0. The fraction of sp³-hybridized carbons (Fsp3) is 0.462. The van der Waals surface area contributed by atoms with E-state index >= 15 is 0 Å². The number of aliphatic hydroxyl groups is 4. The van der Waals surface area contributed by atoms with Gasteiger partial charge in [-0.15, -0.1) is 0 Å². The smallest absolute Gasteiger partial charge is 0.273 e. The summed E-state index contributed by atoms with van der Waals surface area (Å²) < 4.78 is 10.4. The molecule has 11 heteroatoms. The van der Waals surface area contributed by atoms with Crippen LogP contribution in [-0.4, -0.2) is 68.6 Å². The van der Waals surface area contributed by atoms with Crippen LogP contribution >= 0.6 is 0 Å². The highest BCUT2D eigenvalue weighted by molar-refractivity contribution is 5.93. The number of primary amides is 1. The van der Waals surface area contributed by atoms with Gasteiger partial charge in [0.15, 0.2) is 0 Å². The number of hydrogen-bond acceptors (Lipinski definition) is 9. The van der Waals surface area contributed by atoms with E-state index < -0.39 is 53.8 Å². The lowest BCUT2D eigenvalue weighted by atomic mass is 9.99. The molecule has 1 aromatic rings. The van der Waals surface area contributed by atoms with Gasteiger partial charge in [-0.05, 0) is 6.07 Å². The van der Waals surface area contributed by atoms with Gasteiger partial charge in [-0.25, -0.2) is 0 Å². The molecule has 24 heavy (non-hydrogen) atoms. The van der Waals surface area contributed by atoms with Gasteiger partial charge in [0, 0.05) is 11.6 Å². The van der Waals surface area contributed by atoms with Crippen LogP contribution in [-0.2, 0) is 4.74 Å². The van der Waals surface area contributed by atoms with Gasteiger partial charge in [0.05, 0.1) is 17.6 Å². The molecule has 0 unspecified atom stereocenters. The molecule has 0 aromatic heterocycles. The summed E-state index contributed by atoms with van der Waals surface area (Å²) >= 11 is 0. The van der Waals surface area contributed by atoms with Gasteiger partial charge in [-0.1, -0.05) is 0 Å². The van der Waals surface area contributed by atoms with Gasteiger partial charge in [-0.2, -0.15) is 0 Å². The van der Waals surface area contributed by atoms with Crippen molar-refractivity contribution in [3.63, 3.8) is 0 Å².